The Labute approximate surface area is 224 Å². The second-order valence-corrected chi connectivity index (χ2v) is 11.9. The molecular weight excluding hydrogens is 478 g/mol. The van der Waals surface area contributed by atoms with Crippen LogP contribution in [0.1, 0.15) is 80.6 Å². The minimum atomic E-state index is -0.830. The summed E-state index contributed by atoms with van der Waals surface area (Å²) in [6, 6.07) is -0.102. The molecule has 0 amide bonds. The number of aliphatic hydroxyl groups is 2. The van der Waals surface area contributed by atoms with Crippen molar-refractivity contribution >= 4 is 5.97 Å². The molecule has 2 heterocycles. The highest BCUT2D eigenvalue weighted by Gasteiger charge is 2.47. The molecule has 9 heteroatoms. The number of ether oxygens (including phenoxy) is 5. The van der Waals surface area contributed by atoms with Gasteiger partial charge >= 0.3 is 5.97 Å². The van der Waals surface area contributed by atoms with Gasteiger partial charge in [0.2, 0.25) is 0 Å². The lowest BCUT2D eigenvalue weighted by atomic mass is 9.81. The number of carbonyl (C=O) groups excluding carboxylic acids is 1. The van der Waals surface area contributed by atoms with E-state index >= 15 is 0 Å². The molecule has 0 aliphatic carbocycles. The van der Waals surface area contributed by atoms with E-state index in [0.717, 1.165) is 6.42 Å². The molecule has 2 saturated heterocycles. The molecule has 0 bridgehead atoms. The third-order valence-electron chi connectivity index (χ3n) is 9.09. The Hall–Kier alpha value is -0.810. The van der Waals surface area contributed by atoms with E-state index < -0.39 is 47.8 Å². The minimum Gasteiger partial charge on any atom is -0.464 e. The second-order valence-electron chi connectivity index (χ2n) is 11.9. The van der Waals surface area contributed by atoms with Crippen molar-refractivity contribution in [1.82, 2.24) is 4.90 Å². The van der Waals surface area contributed by atoms with Crippen LogP contribution in [0.4, 0.5) is 0 Å². The van der Waals surface area contributed by atoms with E-state index in [-0.39, 0.29) is 30.6 Å². The minimum absolute atomic E-state index is 0.0132. The molecule has 0 saturated carbocycles. The number of esters is 1. The van der Waals surface area contributed by atoms with Crippen molar-refractivity contribution < 1.29 is 38.7 Å². The molecule has 0 aromatic rings. The number of methoxy groups -OCH3 is 2. The van der Waals surface area contributed by atoms with E-state index in [1.165, 1.54) is 0 Å². The van der Waals surface area contributed by atoms with Gasteiger partial charge in [-0.2, -0.15) is 0 Å². The molecular formula is C28H53NO8. The average Bonchev–Trinajstić information content (AvgIpc) is 2.87. The van der Waals surface area contributed by atoms with Crippen molar-refractivity contribution in [2.45, 2.75) is 135 Å². The highest BCUT2D eigenvalue weighted by atomic mass is 16.7. The van der Waals surface area contributed by atoms with Crippen molar-refractivity contribution in [1.29, 1.82) is 0 Å². The standard InChI is InChI=1S/C28H53NO8/c1-11-21-16-35-26(32)18(3)24(37-23-15-28(7,34-10)25(31)20(5)36-23)17(2)14-27(6,33-9)13-12-22(30)19(4)29(21)8/h17-25,30-31H,11-16H2,1-10H3/t17-,18?,19+,20+,21-,22+,23+,24?,25+,27+,28-/m1/s1. The Morgan fingerprint density at radius 1 is 1.08 bits per heavy atom. The van der Waals surface area contributed by atoms with Crippen molar-refractivity contribution in [3.05, 3.63) is 0 Å². The molecule has 2 aliphatic rings. The van der Waals surface area contributed by atoms with Crippen molar-refractivity contribution in [3.8, 4) is 0 Å². The first-order chi connectivity index (χ1) is 17.2. The SMILES string of the molecule is CC[C@@H]1COC(=O)C(C)C(O[C@H]2C[C@@](C)(OC)[C@@H](O)[C@H](C)O2)[C@H](C)C[C@@](C)(OC)CC[C@H](O)[C@H](C)N1C. The predicted molar refractivity (Wildman–Crippen MR) is 141 cm³/mol. The zero-order valence-electron chi connectivity index (χ0n) is 24.7. The topological polar surface area (TPSA) is 107 Å². The molecule has 2 aliphatic heterocycles. The highest BCUT2D eigenvalue weighted by Crippen LogP contribution is 2.37. The lowest BCUT2D eigenvalue weighted by Crippen LogP contribution is -2.57. The molecule has 0 spiro atoms. The molecule has 2 rings (SSSR count). The maximum atomic E-state index is 13.3. The van der Waals surface area contributed by atoms with Crippen LogP contribution in [0.15, 0.2) is 0 Å². The zero-order valence-corrected chi connectivity index (χ0v) is 24.7. The molecule has 37 heavy (non-hydrogen) atoms. The maximum absolute atomic E-state index is 13.3. The Bertz CT molecular complexity index is 724. The molecule has 0 radical (unpaired) electrons. The number of likely N-dealkylation sites (N-methyl/N-ethyl adjacent to an activating group) is 1. The maximum Gasteiger partial charge on any atom is 0.311 e. The van der Waals surface area contributed by atoms with Gasteiger partial charge in [0, 0.05) is 32.7 Å². The lowest BCUT2D eigenvalue weighted by Gasteiger charge is -2.46. The Morgan fingerprint density at radius 3 is 2.30 bits per heavy atom. The number of rotatable bonds is 5. The summed E-state index contributed by atoms with van der Waals surface area (Å²) in [5.74, 6) is -0.967. The summed E-state index contributed by atoms with van der Waals surface area (Å²) in [6.45, 7) is 13.9. The largest absolute Gasteiger partial charge is 0.464 e. The van der Waals surface area contributed by atoms with Gasteiger partial charge in [0.1, 0.15) is 12.7 Å². The summed E-state index contributed by atoms with van der Waals surface area (Å²) in [4.78, 5) is 15.4. The first-order valence-corrected chi connectivity index (χ1v) is 13.9. The highest BCUT2D eigenvalue weighted by molar-refractivity contribution is 5.72. The fourth-order valence-corrected chi connectivity index (χ4v) is 5.86. The van der Waals surface area contributed by atoms with E-state index in [4.69, 9.17) is 23.7 Å². The Balaban J connectivity index is 2.36. The predicted octanol–water partition coefficient (Wildman–Crippen LogP) is 3.14. The third-order valence-corrected chi connectivity index (χ3v) is 9.09. The normalized spacial score (nSPS) is 45.7. The molecule has 0 aromatic heterocycles. The summed E-state index contributed by atoms with van der Waals surface area (Å²) < 4.78 is 30.0. The summed E-state index contributed by atoms with van der Waals surface area (Å²) in [5, 5.41) is 21.6. The van der Waals surface area contributed by atoms with Crippen LogP contribution in [-0.4, -0.2) is 103 Å². The average molecular weight is 532 g/mol. The van der Waals surface area contributed by atoms with Gasteiger partial charge in [0.05, 0.1) is 35.4 Å². The van der Waals surface area contributed by atoms with Crippen LogP contribution in [0.2, 0.25) is 0 Å². The van der Waals surface area contributed by atoms with Crippen LogP contribution in [0.3, 0.4) is 0 Å². The van der Waals surface area contributed by atoms with Crippen LogP contribution in [0.5, 0.6) is 0 Å². The number of hydrogen-bond acceptors (Lipinski definition) is 9. The third kappa shape index (κ3) is 7.87. The Kier molecular flexibility index (Phi) is 11.8. The second kappa shape index (κ2) is 13.5. The van der Waals surface area contributed by atoms with Crippen molar-refractivity contribution in [3.63, 3.8) is 0 Å². The summed E-state index contributed by atoms with van der Waals surface area (Å²) in [7, 11) is 5.23. The molecule has 11 atom stereocenters. The van der Waals surface area contributed by atoms with Gasteiger partial charge < -0.3 is 33.9 Å². The van der Waals surface area contributed by atoms with Crippen LogP contribution in [0, 0.1) is 11.8 Å². The van der Waals surface area contributed by atoms with E-state index in [9.17, 15) is 15.0 Å². The number of carbonyl (C=O) groups is 1. The van der Waals surface area contributed by atoms with Gasteiger partial charge in [0.15, 0.2) is 6.29 Å². The Morgan fingerprint density at radius 2 is 1.73 bits per heavy atom. The zero-order chi connectivity index (χ0) is 28.1. The summed E-state index contributed by atoms with van der Waals surface area (Å²) >= 11 is 0. The smallest absolute Gasteiger partial charge is 0.311 e. The van der Waals surface area contributed by atoms with Gasteiger partial charge in [-0.25, -0.2) is 0 Å². The number of cyclic esters (lactones) is 1. The van der Waals surface area contributed by atoms with Crippen LogP contribution in [0.25, 0.3) is 0 Å². The van der Waals surface area contributed by atoms with Gasteiger partial charge in [-0.05, 0) is 73.3 Å². The number of aliphatic hydroxyl groups excluding tert-OH is 2. The van der Waals surface area contributed by atoms with Crippen LogP contribution in [-0.2, 0) is 28.5 Å². The molecule has 2 fully saturated rings. The van der Waals surface area contributed by atoms with Gasteiger partial charge in [-0.15, -0.1) is 0 Å². The quantitative estimate of drug-likeness (QED) is 0.518. The molecule has 0 aromatic carbocycles. The van der Waals surface area contributed by atoms with E-state index in [0.29, 0.717) is 25.7 Å². The molecule has 9 nitrogen and oxygen atoms in total. The van der Waals surface area contributed by atoms with Crippen LogP contribution < -0.4 is 0 Å². The van der Waals surface area contributed by atoms with Gasteiger partial charge in [0.25, 0.3) is 0 Å². The van der Waals surface area contributed by atoms with E-state index in [1.807, 2.05) is 34.7 Å². The molecule has 2 unspecified atom stereocenters. The summed E-state index contributed by atoms with van der Waals surface area (Å²) in [6.07, 6.45) is -0.00951. The van der Waals surface area contributed by atoms with Crippen molar-refractivity contribution in [2.24, 2.45) is 11.8 Å². The first-order valence-electron chi connectivity index (χ1n) is 13.9. The number of hydrogen-bond donors (Lipinski definition) is 2. The number of nitrogens with zero attached hydrogens (tertiary/aromatic N) is 1. The monoisotopic (exact) mass is 531 g/mol. The summed E-state index contributed by atoms with van der Waals surface area (Å²) in [5.41, 5.74) is -1.35. The molecule has 2 N–H and O–H groups in total. The first kappa shape index (κ1) is 32.4. The van der Waals surface area contributed by atoms with E-state index in [2.05, 4.69) is 18.7 Å². The van der Waals surface area contributed by atoms with E-state index in [1.54, 1.807) is 21.1 Å². The fourth-order valence-electron chi connectivity index (χ4n) is 5.86. The van der Waals surface area contributed by atoms with Crippen molar-refractivity contribution in [2.75, 3.05) is 27.9 Å². The molecule has 218 valence electrons. The fraction of sp³-hybridized carbons (Fsp3) is 0.964. The lowest BCUT2D eigenvalue weighted by molar-refractivity contribution is -0.296. The van der Waals surface area contributed by atoms with Crippen LogP contribution >= 0.6 is 0 Å². The van der Waals surface area contributed by atoms with Gasteiger partial charge in [-0.1, -0.05) is 13.8 Å². The van der Waals surface area contributed by atoms with Gasteiger partial charge in [-0.3, -0.25) is 9.69 Å².